The van der Waals surface area contributed by atoms with Crippen molar-refractivity contribution >= 4 is 12.0 Å². The van der Waals surface area contributed by atoms with Crippen LogP contribution in [-0.2, 0) is 16.0 Å². The quantitative estimate of drug-likeness (QED) is 0.846. The van der Waals surface area contributed by atoms with Gasteiger partial charge >= 0.3 is 6.09 Å². The maximum absolute atomic E-state index is 12.4. The Labute approximate surface area is 138 Å². The molecule has 1 aromatic carbocycles. The summed E-state index contributed by atoms with van der Waals surface area (Å²) in [5.41, 5.74) is 0.377. The van der Waals surface area contributed by atoms with Gasteiger partial charge in [-0.05, 0) is 39.7 Å². The second-order valence-corrected chi connectivity index (χ2v) is 6.71. The normalized spacial score (nSPS) is 13.8. The highest BCUT2D eigenvalue weighted by Gasteiger charge is 2.25. The standard InChI is InChI=1S/C18H28N2O3/c1-6-13(2)19-16(21)15(12-14-10-8-7-9-11-14)20-17(22)23-18(3,4)5/h7-11,13,15H,6,12H2,1-5H3,(H,19,21)(H,20,22)/t13-,15+/m1/s1. The molecule has 0 saturated heterocycles. The molecule has 5 nitrogen and oxygen atoms in total. The molecule has 0 aliphatic rings. The van der Waals surface area contributed by atoms with Crippen LogP contribution in [-0.4, -0.2) is 29.7 Å². The molecule has 2 atom stereocenters. The summed E-state index contributed by atoms with van der Waals surface area (Å²) in [6, 6.07) is 8.99. The molecule has 1 rings (SSSR count). The van der Waals surface area contributed by atoms with E-state index in [0.717, 1.165) is 12.0 Å². The predicted molar refractivity (Wildman–Crippen MR) is 91.2 cm³/mol. The van der Waals surface area contributed by atoms with Crippen LogP contribution in [0.1, 0.15) is 46.6 Å². The minimum Gasteiger partial charge on any atom is -0.444 e. The molecule has 0 aliphatic heterocycles. The lowest BCUT2D eigenvalue weighted by atomic mass is 10.0. The Morgan fingerprint density at radius 1 is 1.13 bits per heavy atom. The van der Waals surface area contributed by atoms with Gasteiger partial charge in [0.25, 0.3) is 0 Å². The molecule has 23 heavy (non-hydrogen) atoms. The number of nitrogens with one attached hydrogen (secondary N) is 2. The lowest BCUT2D eigenvalue weighted by molar-refractivity contribution is -0.123. The third-order valence-electron chi connectivity index (χ3n) is 3.29. The number of hydrogen-bond donors (Lipinski definition) is 2. The molecule has 0 radical (unpaired) electrons. The van der Waals surface area contributed by atoms with E-state index >= 15 is 0 Å². The fourth-order valence-electron chi connectivity index (χ4n) is 1.95. The van der Waals surface area contributed by atoms with E-state index in [0.29, 0.717) is 6.42 Å². The van der Waals surface area contributed by atoms with Crippen molar-refractivity contribution in [2.75, 3.05) is 0 Å². The predicted octanol–water partition coefficient (Wildman–Crippen LogP) is 3.04. The van der Waals surface area contributed by atoms with Crippen molar-refractivity contribution in [3.63, 3.8) is 0 Å². The van der Waals surface area contributed by atoms with Crippen molar-refractivity contribution in [2.24, 2.45) is 0 Å². The number of ether oxygens (including phenoxy) is 1. The Hall–Kier alpha value is -2.04. The van der Waals surface area contributed by atoms with Crippen LogP contribution in [0.25, 0.3) is 0 Å². The monoisotopic (exact) mass is 320 g/mol. The van der Waals surface area contributed by atoms with E-state index in [1.807, 2.05) is 44.2 Å². The van der Waals surface area contributed by atoms with E-state index in [9.17, 15) is 9.59 Å². The first-order chi connectivity index (χ1) is 10.7. The Balaban J connectivity index is 2.79. The number of alkyl carbamates (subject to hydrolysis) is 1. The number of rotatable bonds is 6. The van der Waals surface area contributed by atoms with E-state index < -0.39 is 17.7 Å². The molecule has 5 heteroatoms. The molecule has 2 amide bonds. The highest BCUT2D eigenvalue weighted by atomic mass is 16.6. The summed E-state index contributed by atoms with van der Waals surface area (Å²) in [5, 5.41) is 5.59. The second-order valence-electron chi connectivity index (χ2n) is 6.71. The van der Waals surface area contributed by atoms with Gasteiger partial charge in [0, 0.05) is 12.5 Å². The molecular formula is C18H28N2O3. The van der Waals surface area contributed by atoms with Gasteiger partial charge in [0.05, 0.1) is 0 Å². The Bertz CT molecular complexity index is 509. The third-order valence-corrected chi connectivity index (χ3v) is 3.29. The summed E-state index contributed by atoms with van der Waals surface area (Å²) in [7, 11) is 0. The van der Waals surface area contributed by atoms with Gasteiger partial charge in [-0.1, -0.05) is 37.3 Å². The summed E-state index contributed by atoms with van der Waals surface area (Å²) in [6.45, 7) is 9.30. The fraction of sp³-hybridized carbons (Fsp3) is 0.556. The third kappa shape index (κ3) is 7.68. The lowest BCUT2D eigenvalue weighted by Gasteiger charge is -2.24. The van der Waals surface area contributed by atoms with Gasteiger partial charge in [-0.15, -0.1) is 0 Å². The molecule has 0 fully saturated rings. The SMILES string of the molecule is CC[C@@H](C)NC(=O)[C@H](Cc1ccccc1)NC(=O)OC(C)(C)C. The first-order valence-electron chi connectivity index (χ1n) is 8.05. The molecule has 0 heterocycles. The van der Waals surface area contributed by atoms with Crippen LogP contribution in [0.3, 0.4) is 0 Å². The van der Waals surface area contributed by atoms with Crippen LogP contribution < -0.4 is 10.6 Å². The number of carbonyl (C=O) groups is 2. The van der Waals surface area contributed by atoms with Gasteiger partial charge < -0.3 is 15.4 Å². The first-order valence-corrected chi connectivity index (χ1v) is 8.05. The van der Waals surface area contributed by atoms with Gasteiger partial charge in [-0.25, -0.2) is 4.79 Å². The second kappa shape index (κ2) is 8.56. The Morgan fingerprint density at radius 2 is 1.74 bits per heavy atom. The van der Waals surface area contributed by atoms with Crippen molar-refractivity contribution < 1.29 is 14.3 Å². The topological polar surface area (TPSA) is 67.4 Å². The van der Waals surface area contributed by atoms with Crippen molar-refractivity contribution in [1.29, 1.82) is 0 Å². The van der Waals surface area contributed by atoms with Crippen molar-refractivity contribution in [2.45, 2.75) is 65.1 Å². The van der Waals surface area contributed by atoms with Gasteiger partial charge in [0.15, 0.2) is 0 Å². The number of benzene rings is 1. The molecule has 2 N–H and O–H groups in total. The number of carbonyl (C=O) groups excluding carboxylic acids is 2. The minimum absolute atomic E-state index is 0.0567. The highest BCUT2D eigenvalue weighted by Crippen LogP contribution is 2.09. The smallest absolute Gasteiger partial charge is 0.408 e. The average Bonchev–Trinajstić information content (AvgIpc) is 2.45. The maximum Gasteiger partial charge on any atom is 0.408 e. The Morgan fingerprint density at radius 3 is 2.26 bits per heavy atom. The summed E-state index contributed by atoms with van der Waals surface area (Å²) < 4.78 is 5.26. The molecule has 0 spiro atoms. The van der Waals surface area contributed by atoms with Gasteiger partial charge in [0.2, 0.25) is 5.91 Å². The Kier molecular flexibility index (Phi) is 7.07. The molecule has 0 bridgehead atoms. The van der Waals surface area contributed by atoms with Crippen LogP contribution >= 0.6 is 0 Å². The molecule has 128 valence electrons. The first kappa shape index (κ1) is 19.0. The minimum atomic E-state index is -0.666. The van der Waals surface area contributed by atoms with Crippen molar-refractivity contribution in [3.8, 4) is 0 Å². The number of hydrogen-bond acceptors (Lipinski definition) is 3. The van der Waals surface area contributed by atoms with E-state index in [-0.39, 0.29) is 11.9 Å². The van der Waals surface area contributed by atoms with Crippen molar-refractivity contribution in [3.05, 3.63) is 35.9 Å². The molecule has 0 saturated carbocycles. The van der Waals surface area contributed by atoms with E-state index in [1.165, 1.54) is 0 Å². The van der Waals surface area contributed by atoms with Crippen LogP contribution in [0.2, 0.25) is 0 Å². The zero-order valence-corrected chi connectivity index (χ0v) is 14.7. The summed E-state index contributed by atoms with van der Waals surface area (Å²) >= 11 is 0. The van der Waals surface area contributed by atoms with Gasteiger partial charge in [-0.3, -0.25) is 4.79 Å². The highest BCUT2D eigenvalue weighted by molar-refractivity contribution is 5.86. The lowest BCUT2D eigenvalue weighted by Crippen LogP contribution is -2.51. The van der Waals surface area contributed by atoms with Crippen LogP contribution in [0.5, 0.6) is 0 Å². The van der Waals surface area contributed by atoms with E-state index in [2.05, 4.69) is 10.6 Å². The maximum atomic E-state index is 12.4. The fourth-order valence-corrected chi connectivity index (χ4v) is 1.95. The zero-order valence-electron chi connectivity index (χ0n) is 14.7. The molecular weight excluding hydrogens is 292 g/mol. The molecule has 0 aliphatic carbocycles. The summed E-state index contributed by atoms with van der Waals surface area (Å²) in [6.07, 6.45) is 0.663. The van der Waals surface area contributed by atoms with Crippen LogP contribution in [0.15, 0.2) is 30.3 Å². The van der Waals surface area contributed by atoms with E-state index in [4.69, 9.17) is 4.74 Å². The van der Waals surface area contributed by atoms with Gasteiger partial charge in [-0.2, -0.15) is 0 Å². The number of amides is 2. The van der Waals surface area contributed by atoms with Crippen molar-refractivity contribution in [1.82, 2.24) is 10.6 Å². The summed E-state index contributed by atoms with van der Waals surface area (Å²) in [4.78, 5) is 24.4. The van der Waals surface area contributed by atoms with Crippen LogP contribution in [0.4, 0.5) is 4.79 Å². The molecule has 1 aromatic rings. The summed E-state index contributed by atoms with van der Waals surface area (Å²) in [5.74, 6) is -0.200. The largest absolute Gasteiger partial charge is 0.444 e. The molecule has 0 unspecified atom stereocenters. The zero-order chi connectivity index (χ0) is 17.5. The van der Waals surface area contributed by atoms with E-state index in [1.54, 1.807) is 20.8 Å². The van der Waals surface area contributed by atoms with Gasteiger partial charge in [0.1, 0.15) is 11.6 Å². The van der Waals surface area contributed by atoms with Crippen LogP contribution in [0, 0.1) is 0 Å². The average molecular weight is 320 g/mol. The molecule has 0 aromatic heterocycles.